The highest BCUT2D eigenvalue weighted by atomic mass is 32.2. The molecule has 0 amide bonds. The lowest BCUT2D eigenvalue weighted by atomic mass is 9.75. The van der Waals surface area contributed by atoms with E-state index in [1.807, 2.05) is 37.3 Å². The van der Waals surface area contributed by atoms with Crippen LogP contribution in [0.25, 0.3) is 11.1 Å². The second kappa shape index (κ2) is 9.28. The van der Waals surface area contributed by atoms with E-state index in [9.17, 15) is 17.2 Å². The van der Waals surface area contributed by atoms with Gasteiger partial charge in [0.05, 0.1) is 10.4 Å². The Bertz CT molecular complexity index is 1160. The normalized spacial score (nSPS) is 23.6. The molecular weight excluding hydrogens is 450 g/mol. The third-order valence-electron chi connectivity index (χ3n) is 6.37. The molecule has 1 heterocycles. The van der Waals surface area contributed by atoms with E-state index >= 15 is 0 Å². The highest BCUT2D eigenvalue weighted by Crippen LogP contribution is 2.44. The minimum atomic E-state index is -4.14. The average molecular weight is 477 g/mol. The molecule has 1 fully saturated rings. The van der Waals surface area contributed by atoms with E-state index in [1.54, 1.807) is 16.7 Å². The number of aromatic nitrogens is 3. The van der Waals surface area contributed by atoms with Crippen LogP contribution in [-0.4, -0.2) is 35.5 Å². The van der Waals surface area contributed by atoms with Crippen molar-refractivity contribution >= 4 is 10.0 Å². The molecule has 0 radical (unpaired) electrons. The quantitative estimate of drug-likeness (QED) is 0.483. The molecule has 1 saturated carbocycles. The maximum Gasteiger partial charge on any atom is 0.346 e. The molecule has 0 saturated heterocycles. The zero-order chi connectivity index (χ0) is 23.5. The van der Waals surface area contributed by atoms with Gasteiger partial charge in [-0.05, 0) is 48.9 Å². The van der Waals surface area contributed by atoms with E-state index in [0.717, 1.165) is 11.1 Å². The summed E-state index contributed by atoms with van der Waals surface area (Å²) in [6.07, 6.45) is 4.95. The Kier molecular flexibility index (Phi) is 6.60. The topological polar surface area (TPSA) is 86.1 Å². The Hall–Kier alpha value is -2.69. The Morgan fingerprint density at radius 3 is 2.27 bits per heavy atom. The van der Waals surface area contributed by atoms with Gasteiger partial charge in [-0.2, -0.15) is 13.5 Å². The van der Waals surface area contributed by atoms with Crippen LogP contribution in [0.2, 0.25) is 0 Å². The molecule has 1 aliphatic rings. The number of hydrogen-bond donors (Lipinski definition) is 1. The van der Waals surface area contributed by atoms with Crippen molar-refractivity contribution in [3.63, 3.8) is 0 Å². The van der Waals surface area contributed by atoms with E-state index in [0.29, 0.717) is 19.3 Å². The van der Waals surface area contributed by atoms with E-state index in [1.165, 1.54) is 24.8 Å². The van der Waals surface area contributed by atoms with E-state index in [4.69, 9.17) is 4.74 Å². The minimum Gasteiger partial charge on any atom is -0.314 e. The zero-order valence-electron chi connectivity index (χ0n) is 18.2. The highest BCUT2D eigenvalue weighted by Gasteiger charge is 2.49. The van der Waals surface area contributed by atoms with Crippen LogP contribution >= 0.6 is 0 Å². The fourth-order valence-corrected chi connectivity index (χ4v) is 6.03. The molecule has 2 atom stereocenters. The predicted molar refractivity (Wildman–Crippen MR) is 119 cm³/mol. The molecule has 0 unspecified atom stereocenters. The molecule has 0 bridgehead atoms. The smallest absolute Gasteiger partial charge is 0.314 e. The molecule has 7 nitrogen and oxygen atoms in total. The van der Waals surface area contributed by atoms with Crippen LogP contribution in [0.1, 0.15) is 39.0 Å². The summed E-state index contributed by atoms with van der Waals surface area (Å²) in [5.41, 5.74) is -0.607. The fraction of sp³-hybridized carbons (Fsp3) is 0.391. The van der Waals surface area contributed by atoms with Crippen molar-refractivity contribution in [2.24, 2.45) is 0 Å². The van der Waals surface area contributed by atoms with Gasteiger partial charge in [0.15, 0.2) is 0 Å². The number of rotatable bonds is 8. The maximum atomic E-state index is 13.5. The van der Waals surface area contributed by atoms with Gasteiger partial charge in [0.1, 0.15) is 18.4 Å². The van der Waals surface area contributed by atoms with E-state index in [-0.39, 0.29) is 17.7 Å². The number of sulfonamides is 1. The van der Waals surface area contributed by atoms with Crippen LogP contribution in [-0.2, 0) is 20.3 Å². The molecule has 1 aromatic heterocycles. The molecular formula is C23H26F2N4O3S. The molecule has 0 aliphatic heterocycles. The summed E-state index contributed by atoms with van der Waals surface area (Å²) < 4.78 is 62.7. The van der Waals surface area contributed by atoms with E-state index in [2.05, 4.69) is 14.9 Å². The maximum absolute atomic E-state index is 13.5. The molecule has 1 N–H and O–H groups in total. The van der Waals surface area contributed by atoms with E-state index < -0.39 is 27.9 Å². The Morgan fingerprint density at radius 2 is 1.67 bits per heavy atom. The van der Waals surface area contributed by atoms with Crippen LogP contribution in [0.4, 0.5) is 8.78 Å². The second-order valence-electron chi connectivity index (χ2n) is 8.35. The first kappa shape index (κ1) is 23.5. The summed E-state index contributed by atoms with van der Waals surface area (Å²) in [4.78, 5) is -0.0172. The van der Waals surface area contributed by atoms with Gasteiger partial charge in [0.2, 0.25) is 10.0 Å². The minimum absolute atomic E-state index is 0.0172. The van der Waals surface area contributed by atoms with Crippen molar-refractivity contribution in [2.75, 3.05) is 0 Å². The molecule has 176 valence electrons. The van der Waals surface area contributed by atoms with Crippen LogP contribution in [0.5, 0.6) is 0 Å². The standard InChI is InChI=1S/C23H26F2N4O3S/c1-2-22(29-16-26-27-17-29)13-6-14-23(15-22,32-21(24)25)28-33(30,31)20-11-9-19(10-12-20)18-7-4-3-5-8-18/h3-5,7-12,16-17,21,28H,2,6,13-15H2,1H3/t22-,23+/m1/s1. The third kappa shape index (κ3) is 4.97. The van der Waals surface area contributed by atoms with Crippen molar-refractivity contribution in [2.45, 2.75) is 61.8 Å². The number of hydrogen-bond acceptors (Lipinski definition) is 5. The van der Waals surface area contributed by atoms with Crippen molar-refractivity contribution in [3.05, 3.63) is 67.3 Å². The van der Waals surface area contributed by atoms with Crippen LogP contribution in [0.3, 0.4) is 0 Å². The third-order valence-corrected chi connectivity index (χ3v) is 7.90. The first-order valence-electron chi connectivity index (χ1n) is 10.8. The van der Waals surface area contributed by atoms with Crippen molar-refractivity contribution in [1.82, 2.24) is 19.5 Å². The van der Waals surface area contributed by atoms with Gasteiger partial charge in [-0.1, -0.05) is 49.4 Å². The first-order chi connectivity index (χ1) is 15.8. The summed E-state index contributed by atoms with van der Waals surface area (Å²) >= 11 is 0. The number of nitrogens with zero attached hydrogens (tertiary/aromatic N) is 3. The summed E-state index contributed by atoms with van der Waals surface area (Å²) in [7, 11) is -4.14. The average Bonchev–Trinajstić information content (AvgIpc) is 3.35. The van der Waals surface area contributed by atoms with Crippen molar-refractivity contribution in [3.8, 4) is 11.1 Å². The fourth-order valence-electron chi connectivity index (χ4n) is 4.70. The molecule has 3 aromatic rings. The lowest BCUT2D eigenvalue weighted by Gasteiger charge is -2.47. The van der Waals surface area contributed by atoms with Crippen LogP contribution in [0, 0.1) is 0 Å². The SMILES string of the molecule is CC[C@@]1(n2cnnc2)CCC[C@](NS(=O)(=O)c2ccc(-c3ccccc3)cc2)(OC(F)F)C1. The molecule has 33 heavy (non-hydrogen) atoms. The lowest BCUT2D eigenvalue weighted by Crippen LogP contribution is -2.58. The second-order valence-corrected chi connectivity index (χ2v) is 10.0. The number of halogens is 2. The Labute approximate surface area is 191 Å². The predicted octanol–water partition coefficient (Wildman–Crippen LogP) is 4.54. The molecule has 10 heteroatoms. The number of nitrogens with one attached hydrogen (secondary N) is 1. The Balaban J connectivity index is 1.64. The van der Waals surface area contributed by atoms with Crippen molar-refractivity contribution in [1.29, 1.82) is 0 Å². The monoisotopic (exact) mass is 476 g/mol. The van der Waals surface area contributed by atoms with Crippen molar-refractivity contribution < 1.29 is 21.9 Å². The molecule has 4 rings (SSSR count). The van der Waals surface area contributed by atoms with Gasteiger partial charge in [-0.25, -0.2) is 8.42 Å². The zero-order valence-corrected chi connectivity index (χ0v) is 19.0. The van der Waals surface area contributed by atoms with Gasteiger partial charge >= 0.3 is 6.61 Å². The number of ether oxygens (including phenoxy) is 1. The molecule has 1 aliphatic carbocycles. The summed E-state index contributed by atoms with van der Waals surface area (Å²) in [5.74, 6) is 0. The summed E-state index contributed by atoms with van der Waals surface area (Å²) in [6, 6.07) is 15.9. The number of benzene rings is 2. The Morgan fingerprint density at radius 1 is 1.03 bits per heavy atom. The van der Waals surface area contributed by atoms with Crippen LogP contribution in [0.15, 0.2) is 72.1 Å². The first-order valence-corrected chi connectivity index (χ1v) is 12.3. The van der Waals surface area contributed by atoms with Gasteiger partial charge in [0.25, 0.3) is 0 Å². The largest absolute Gasteiger partial charge is 0.346 e. The highest BCUT2D eigenvalue weighted by molar-refractivity contribution is 7.89. The van der Waals surface area contributed by atoms with Crippen LogP contribution < -0.4 is 4.72 Å². The summed E-state index contributed by atoms with van der Waals surface area (Å²) in [5, 5.41) is 7.68. The van der Waals surface area contributed by atoms with Gasteiger partial charge in [-0.3, -0.25) is 0 Å². The molecule has 0 spiro atoms. The van der Waals surface area contributed by atoms with Gasteiger partial charge in [0, 0.05) is 6.42 Å². The van der Waals surface area contributed by atoms with Gasteiger partial charge in [-0.15, -0.1) is 10.2 Å². The lowest BCUT2D eigenvalue weighted by molar-refractivity contribution is -0.233. The van der Waals surface area contributed by atoms with Gasteiger partial charge < -0.3 is 9.30 Å². The number of alkyl halides is 2. The summed E-state index contributed by atoms with van der Waals surface area (Å²) in [6.45, 7) is -1.21. The molecule has 2 aromatic carbocycles.